The summed E-state index contributed by atoms with van der Waals surface area (Å²) in [5, 5.41) is 3.12. The Morgan fingerprint density at radius 1 is 0.167 bits per heavy atom. The van der Waals surface area contributed by atoms with Gasteiger partial charge in [0, 0.05) is 65.9 Å². The molecule has 12 aromatic carbocycles. The van der Waals surface area contributed by atoms with E-state index < -0.39 is 0 Å². The number of benzene rings is 12. The van der Waals surface area contributed by atoms with Crippen molar-refractivity contribution in [2.75, 3.05) is 159 Å². The van der Waals surface area contributed by atoms with Crippen LogP contribution in [0.4, 0.5) is 0 Å². The monoisotopic (exact) mass is 1920 g/mol. The number of fused-ring (bicyclic) bond motifs is 20. The van der Waals surface area contributed by atoms with Crippen LogP contribution in [-0.2, 0) is 37.9 Å². The third-order valence-corrected chi connectivity index (χ3v) is 23.2. The van der Waals surface area contributed by atoms with E-state index in [4.69, 9.17) is 85.8 Å². The Bertz CT molecular complexity index is 6190. The van der Waals surface area contributed by atoms with Crippen molar-refractivity contribution < 1.29 is 75.8 Å². The van der Waals surface area contributed by atoms with E-state index in [-0.39, 0.29) is 106 Å². The predicted octanol–water partition coefficient (Wildman–Crippen LogP) is 26.2. The Morgan fingerprint density at radius 3 is 0.465 bits per heavy atom. The van der Waals surface area contributed by atoms with Gasteiger partial charge in [-0.3, -0.25) is 0 Å². The first kappa shape index (κ1) is 99.8. The molecule has 0 spiro atoms. The summed E-state index contributed by atoms with van der Waals surface area (Å²) in [7, 11) is 0. The van der Waals surface area contributed by atoms with E-state index in [1.165, 1.54) is 0 Å². The number of hydrogen-bond acceptors (Lipinski definition) is 18. The fourth-order valence-electron chi connectivity index (χ4n) is 16.3. The minimum Gasteiger partial charge on any atom is -0.487 e. The van der Waals surface area contributed by atoms with Gasteiger partial charge in [-0.1, -0.05) is 340 Å². The van der Waals surface area contributed by atoms with Gasteiger partial charge in [-0.05, 0) is 117 Å². The number of hydrogen-bond donors (Lipinski definition) is 2. The maximum Gasteiger partial charge on any atom is 0.162 e. The van der Waals surface area contributed by atoms with Gasteiger partial charge in [0.2, 0.25) is 0 Å². The number of ether oxygens (including phenoxy) is 16. The van der Waals surface area contributed by atoms with E-state index in [9.17, 15) is 0 Å². The van der Waals surface area contributed by atoms with Crippen LogP contribution in [0.1, 0.15) is 44.5 Å². The molecule has 17 rings (SSSR count). The average molecular weight is 1920 g/mol. The van der Waals surface area contributed by atoms with E-state index in [0.29, 0.717) is 144 Å². The van der Waals surface area contributed by atoms with Crippen molar-refractivity contribution in [1.82, 2.24) is 19.9 Å². The first-order valence-corrected chi connectivity index (χ1v) is 48.9. The van der Waals surface area contributed by atoms with Gasteiger partial charge in [0.05, 0.1) is 128 Å². The lowest BCUT2D eigenvalue weighted by Crippen LogP contribution is -2.10. The maximum absolute atomic E-state index is 6.87. The van der Waals surface area contributed by atoms with Crippen molar-refractivity contribution in [1.29, 1.82) is 0 Å². The summed E-state index contributed by atoms with van der Waals surface area (Å²) in [5.41, 5.74) is 16.7. The van der Waals surface area contributed by atoms with Crippen LogP contribution in [0.25, 0.3) is 137 Å². The lowest BCUT2D eigenvalue weighted by molar-refractivity contribution is 0.110. The zero-order valence-corrected chi connectivity index (χ0v) is 80.7. The van der Waals surface area contributed by atoms with Gasteiger partial charge in [-0.15, -0.1) is 0 Å². The molecule has 0 saturated heterocycles. The number of nitrogens with one attached hydrogen (secondary N) is 2. The molecule has 20 heteroatoms. The molecule has 2 N–H and O–H groups in total. The third-order valence-electron chi connectivity index (χ3n) is 23.2. The minimum absolute atomic E-state index is 0.188. The van der Waals surface area contributed by atoms with Gasteiger partial charge in [-0.25, -0.2) is 9.97 Å². The molecule has 5 heterocycles. The molecule has 2 aliphatic rings. The van der Waals surface area contributed by atoms with Crippen LogP contribution in [0.3, 0.4) is 0 Å². The van der Waals surface area contributed by atoms with E-state index in [2.05, 4.69) is 131 Å². The Balaban J connectivity index is 0.819. The van der Waals surface area contributed by atoms with Crippen LogP contribution >= 0.6 is 0 Å². The van der Waals surface area contributed by atoms with Crippen LogP contribution in [0.2, 0.25) is 0 Å². The molecule has 15 aromatic rings. The average Bonchev–Trinajstić information content (AvgIpc) is 1.59. The SMILES string of the molecule is C(=C/c1ccccc1)/COCCOc1cc2c(cc1OCCOC/C=C/c1ccccc1)-c1cc3[nH]c(cc4nc(cc5[nH]c(cc-2n1)c1cc(OCCOC/C=C/c2ccccc2)c(OCCOC/C=C/c2ccccc2)cc51)-c1cc(OCCOC/C=C/c2ccccc2)c(OCCOC/C=C/c2ccccc2)cc1-4)c1cc(OCCOC/C=C/c2ccccc2)c(OCCOC/C=C/c2ccccc2)cc31. The van der Waals surface area contributed by atoms with Crippen LogP contribution in [0, 0.1) is 0 Å². The Labute approximate surface area is 841 Å². The Morgan fingerprint density at radius 2 is 0.312 bits per heavy atom. The highest BCUT2D eigenvalue weighted by Gasteiger charge is 2.27. The van der Waals surface area contributed by atoms with Crippen molar-refractivity contribution in [3.8, 4) is 91.0 Å². The molecule has 3 aromatic heterocycles. The van der Waals surface area contributed by atoms with Crippen LogP contribution < -0.4 is 37.9 Å². The summed E-state index contributed by atoms with van der Waals surface area (Å²) in [5.74, 6) is 3.79. The quantitative estimate of drug-likeness (QED) is 0.0340. The van der Waals surface area contributed by atoms with E-state index in [0.717, 1.165) is 88.3 Å². The Hall–Kier alpha value is -15.7. The second-order valence-electron chi connectivity index (χ2n) is 33.5. The first-order chi connectivity index (χ1) is 71.5. The lowest BCUT2D eigenvalue weighted by Gasteiger charge is -2.15. The molecule has 0 atom stereocenters. The van der Waals surface area contributed by atoms with Crippen molar-refractivity contribution in [3.63, 3.8) is 0 Å². The minimum atomic E-state index is 0.188. The summed E-state index contributed by atoms with van der Waals surface area (Å²) in [6, 6.07) is 106. The molecule has 0 fully saturated rings. The molecule has 2 aliphatic heterocycles. The number of aromatic nitrogens is 4. The molecular weight excluding hydrogens is 1800 g/mol. The Kier molecular flexibility index (Phi) is 38.1. The zero-order chi connectivity index (χ0) is 97.7. The van der Waals surface area contributed by atoms with Crippen molar-refractivity contribution in [2.24, 2.45) is 0 Å². The molecule has 0 unspecified atom stereocenters. The van der Waals surface area contributed by atoms with Gasteiger partial charge in [-0.2, -0.15) is 0 Å². The highest BCUT2D eigenvalue weighted by molar-refractivity contribution is 6.12. The number of aromatic amines is 2. The fourth-order valence-corrected chi connectivity index (χ4v) is 16.3. The fraction of sp³-hybridized carbons (Fsp3) is 0.194. The largest absolute Gasteiger partial charge is 0.487 e. The van der Waals surface area contributed by atoms with Gasteiger partial charge < -0.3 is 85.8 Å². The summed E-state index contributed by atoms with van der Waals surface area (Å²) in [4.78, 5) is 19.4. The van der Waals surface area contributed by atoms with Crippen LogP contribution in [-0.4, -0.2) is 179 Å². The standard InChI is InChI=1S/C124H118N4O16/c1-9-33-93(34-10-1)49-25-57-129-65-73-137-117-81-101-102(82-118(117)138-74-66-130-58-26-50-94-35-11-2-12-36-94)110-90-112-105-85-121(141-77-69-133-61-29-53-97-41-17-5-18-42-97)122(142-78-70-134-62-30-54-98-43-19-6-20-44-98)86-106(105)114(127-112)92-116-108-88-124(144-80-72-136-64-32-56-100-47-23-8-24-48-100)123(143-79-71-135-63-31-55-99-45-21-7-22-46-99)87-107(108)115(128-116)91-113-104-84-120(140-76-68-132-60-28-52-96-39-15-4-16-40-96)119(83-103(104)111(126-113)89-109(101)125-110)139-75-67-131-59-27-51-95-37-13-3-14-38-95/h1-56,81-92,125,128H,57-80H2/b49-25+,50-26+,51-27-,52-28+,53-29+,54-30+,55-31+,56-32+,109-89?,110-90?,111-89?,112-90?,113-91?,114-92?,115-91?,116-92?. The molecule has 20 nitrogen and oxygen atoms in total. The lowest BCUT2D eigenvalue weighted by atomic mass is 10.0. The van der Waals surface area contributed by atoms with Crippen molar-refractivity contribution in [2.45, 2.75) is 0 Å². The molecule has 730 valence electrons. The summed E-state index contributed by atoms with van der Waals surface area (Å²) < 4.78 is 105. The maximum atomic E-state index is 6.87. The molecule has 8 bridgehead atoms. The summed E-state index contributed by atoms with van der Waals surface area (Å²) in [6.45, 7) is 6.64. The molecule has 0 amide bonds. The van der Waals surface area contributed by atoms with Gasteiger partial charge in [0.25, 0.3) is 0 Å². The van der Waals surface area contributed by atoms with Gasteiger partial charge in [0.1, 0.15) is 52.9 Å². The smallest absolute Gasteiger partial charge is 0.162 e. The number of rotatable bonds is 56. The normalized spacial score (nSPS) is 12.0. The zero-order valence-electron chi connectivity index (χ0n) is 80.7. The predicted molar refractivity (Wildman–Crippen MR) is 579 cm³/mol. The van der Waals surface area contributed by atoms with Gasteiger partial charge >= 0.3 is 0 Å². The third kappa shape index (κ3) is 30.2. The van der Waals surface area contributed by atoms with Crippen LogP contribution in [0.15, 0.2) is 364 Å². The topological polar surface area (TPSA) is 205 Å². The molecule has 0 aliphatic carbocycles. The molecular formula is C124H118N4O16. The second kappa shape index (κ2) is 54.9. The highest BCUT2D eigenvalue weighted by atomic mass is 16.6. The van der Waals surface area contributed by atoms with E-state index >= 15 is 0 Å². The first-order valence-electron chi connectivity index (χ1n) is 48.9. The van der Waals surface area contributed by atoms with Crippen molar-refractivity contribution in [3.05, 3.63) is 409 Å². The van der Waals surface area contributed by atoms with Crippen LogP contribution in [0.5, 0.6) is 46.0 Å². The number of nitrogens with zero attached hydrogens (tertiary/aromatic N) is 2. The summed E-state index contributed by atoms with van der Waals surface area (Å²) >= 11 is 0. The van der Waals surface area contributed by atoms with E-state index in [1.54, 1.807) is 0 Å². The summed E-state index contributed by atoms with van der Waals surface area (Å²) in [6.07, 6.45) is 32.4. The number of H-pyrrole nitrogens is 2. The van der Waals surface area contributed by atoms with E-state index in [1.807, 2.05) is 291 Å². The molecule has 0 radical (unpaired) electrons. The second-order valence-corrected chi connectivity index (χ2v) is 33.5. The molecule has 0 saturated carbocycles. The molecule has 144 heavy (non-hydrogen) atoms. The van der Waals surface area contributed by atoms with Gasteiger partial charge in [0.15, 0.2) is 46.0 Å². The highest BCUT2D eigenvalue weighted by Crippen LogP contribution is 2.49. The van der Waals surface area contributed by atoms with Crippen molar-refractivity contribution >= 4 is 92.2 Å².